The minimum absolute atomic E-state index is 0.0180. The molecule has 0 aliphatic carbocycles. The van der Waals surface area contributed by atoms with Crippen molar-refractivity contribution in [1.29, 1.82) is 0 Å². The second kappa shape index (κ2) is 6.62. The number of thioether (sulfide) groups is 1. The molecule has 122 valence electrons. The lowest BCUT2D eigenvalue weighted by Crippen LogP contribution is -2.41. The topological polar surface area (TPSA) is 66.9 Å². The van der Waals surface area contributed by atoms with Gasteiger partial charge in [0.15, 0.2) is 0 Å². The predicted octanol–water partition coefficient (Wildman–Crippen LogP) is 1.53. The molecule has 2 saturated heterocycles. The van der Waals surface area contributed by atoms with Crippen molar-refractivity contribution in [3.63, 3.8) is 0 Å². The Hall–Kier alpha value is -2.02. The average Bonchev–Trinajstić information content (AvgIpc) is 3.15. The number of likely N-dealkylation sites (tertiary alicyclic amines) is 1. The second-order valence-electron chi connectivity index (χ2n) is 5.63. The van der Waals surface area contributed by atoms with Crippen LogP contribution in [0.4, 0.5) is 4.79 Å². The van der Waals surface area contributed by atoms with Crippen LogP contribution < -0.4 is 4.74 Å². The summed E-state index contributed by atoms with van der Waals surface area (Å²) >= 11 is 1.04. The molecule has 6 nitrogen and oxygen atoms in total. The van der Waals surface area contributed by atoms with Gasteiger partial charge in [0.2, 0.25) is 11.8 Å². The molecule has 1 unspecified atom stereocenters. The molecule has 1 aromatic rings. The zero-order valence-electron chi connectivity index (χ0n) is 12.9. The Morgan fingerprint density at radius 3 is 2.65 bits per heavy atom. The van der Waals surface area contributed by atoms with Crippen LogP contribution in [0.25, 0.3) is 0 Å². The van der Waals surface area contributed by atoms with Crippen LogP contribution in [0.5, 0.6) is 5.75 Å². The van der Waals surface area contributed by atoms with Crippen molar-refractivity contribution < 1.29 is 19.1 Å². The number of benzene rings is 1. The highest BCUT2D eigenvalue weighted by molar-refractivity contribution is 8.14. The van der Waals surface area contributed by atoms with Gasteiger partial charge < -0.3 is 9.64 Å². The molecule has 0 radical (unpaired) electrons. The molecular weight excluding hydrogens is 316 g/mol. The summed E-state index contributed by atoms with van der Waals surface area (Å²) in [6.07, 6.45) is 0.972. The average molecular weight is 334 g/mol. The SMILES string of the molecule is COc1ccc(CC(=O)N2CCC(N3C(=O)CSC3=O)C2)cc1. The van der Waals surface area contributed by atoms with E-state index in [-0.39, 0.29) is 28.8 Å². The summed E-state index contributed by atoms with van der Waals surface area (Å²) < 4.78 is 5.10. The third kappa shape index (κ3) is 3.34. The van der Waals surface area contributed by atoms with Crippen LogP contribution in [0.1, 0.15) is 12.0 Å². The van der Waals surface area contributed by atoms with Gasteiger partial charge in [-0.1, -0.05) is 23.9 Å². The van der Waals surface area contributed by atoms with E-state index in [1.54, 1.807) is 12.0 Å². The molecule has 1 aromatic carbocycles. The first-order valence-electron chi connectivity index (χ1n) is 7.48. The van der Waals surface area contributed by atoms with E-state index in [4.69, 9.17) is 4.74 Å². The predicted molar refractivity (Wildman–Crippen MR) is 86.4 cm³/mol. The maximum atomic E-state index is 12.4. The summed E-state index contributed by atoms with van der Waals surface area (Å²) in [7, 11) is 1.60. The Morgan fingerprint density at radius 2 is 2.04 bits per heavy atom. The van der Waals surface area contributed by atoms with Crippen molar-refractivity contribution in [2.24, 2.45) is 0 Å². The number of hydrogen-bond donors (Lipinski definition) is 0. The molecule has 23 heavy (non-hydrogen) atoms. The third-order valence-corrected chi connectivity index (χ3v) is 5.02. The second-order valence-corrected chi connectivity index (χ2v) is 6.55. The highest BCUT2D eigenvalue weighted by Crippen LogP contribution is 2.26. The summed E-state index contributed by atoms with van der Waals surface area (Å²) in [4.78, 5) is 39.0. The van der Waals surface area contributed by atoms with Crippen LogP contribution in [0, 0.1) is 0 Å². The molecule has 0 aromatic heterocycles. The molecule has 1 atom stereocenters. The molecule has 0 bridgehead atoms. The van der Waals surface area contributed by atoms with E-state index in [0.29, 0.717) is 25.9 Å². The summed E-state index contributed by atoms with van der Waals surface area (Å²) in [5.41, 5.74) is 0.920. The Kier molecular flexibility index (Phi) is 4.56. The number of hydrogen-bond acceptors (Lipinski definition) is 5. The maximum Gasteiger partial charge on any atom is 0.289 e. The van der Waals surface area contributed by atoms with Gasteiger partial charge in [-0.05, 0) is 24.1 Å². The number of amides is 3. The number of ether oxygens (including phenoxy) is 1. The van der Waals surface area contributed by atoms with E-state index in [9.17, 15) is 14.4 Å². The minimum atomic E-state index is -0.190. The monoisotopic (exact) mass is 334 g/mol. The van der Waals surface area contributed by atoms with Crippen LogP contribution in [0.15, 0.2) is 24.3 Å². The van der Waals surface area contributed by atoms with Gasteiger partial charge in [-0.15, -0.1) is 0 Å². The van der Waals surface area contributed by atoms with Gasteiger partial charge in [-0.2, -0.15) is 0 Å². The summed E-state index contributed by atoms with van der Waals surface area (Å²) in [6, 6.07) is 7.22. The standard InChI is InChI=1S/C16H18N2O4S/c1-22-13-4-2-11(3-5-13)8-14(19)17-7-6-12(9-17)18-15(20)10-23-16(18)21/h2-5,12H,6-10H2,1H3. The summed E-state index contributed by atoms with van der Waals surface area (Å²) in [6.45, 7) is 1.02. The molecule has 3 amide bonds. The van der Waals surface area contributed by atoms with Crippen molar-refractivity contribution in [3.05, 3.63) is 29.8 Å². The van der Waals surface area contributed by atoms with Gasteiger partial charge >= 0.3 is 0 Å². The fraction of sp³-hybridized carbons (Fsp3) is 0.438. The molecule has 3 rings (SSSR count). The van der Waals surface area contributed by atoms with Gasteiger partial charge in [-0.3, -0.25) is 19.3 Å². The van der Waals surface area contributed by atoms with Crippen LogP contribution in [-0.4, -0.2) is 58.8 Å². The van der Waals surface area contributed by atoms with Crippen molar-refractivity contribution in [2.75, 3.05) is 26.0 Å². The highest BCUT2D eigenvalue weighted by atomic mass is 32.2. The van der Waals surface area contributed by atoms with E-state index < -0.39 is 0 Å². The van der Waals surface area contributed by atoms with Crippen LogP contribution in [0.2, 0.25) is 0 Å². The fourth-order valence-electron chi connectivity index (χ4n) is 2.93. The first kappa shape index (κ1) is 15.9. The first-order valence-corrected chi connectivity index (χ1v) is 8.46. The smallest absolute Gasteiger partial charge is 0.289 e. The molecule has 0 saturated carbocycles. The van der Waals surface area contributed by atoms with Crippen molar-refractivity contribution in [3.8, 4) is 5.75 Å². The quantitative estimate of drug-likeness (QED) is 0.835. The largest absolute Gasteiger partial charge is 0.497 e. The normalized spacial score (nSPS) is 21.2. The Bertz CT molecular complexity index is 615. The third-order valence-electron chi connectivity index (χ3n) is 4.18. The highest BCUT2D eigenvalue weighted by Gasteiger charge is 2.40. The summed E-state index contributed by atoms with van der Waals surface area (Å²) in [5.74, 6) is 0.847. The molecule has 7 heteroatoms. The molecule has 2 aliphatic heterocycles. The fourth-order valence-corrected chi connectivity index (χ4v) is 3.70. The van der Waals surface area contributed by atoms with E-state index in [1.807, 2.05) is 24.3 Å². The number of carbonyl (C=O) groups excluding carboxylic acids is 3. The Morgan fingerprint density at radius 1 is 1.30 bits per heavy atom. The van der Waals surface area contributed by atoms with Crippen LogP contribution >= 0.6 is 11.8 Å². The molecular formula is C16H18N2O4S. The van der Waals surface area contributed by atoms with E-state index in [1.165, 1.54) is 4.90 Å². The zero-order chi connectivity index (χ0) is 16.4. The lowest BCUT2D eigenvalue weighted by atomic mass is 10.1. The maximum absolute atomic E-state index is 12.4. The van der Waals surface area contributed by atoms with Gasteiger partial charge in [0, 0.05) is 13.1 Å². The van der Waals surface area contributed by atoms with E-state index in [2.05, 4.69) is 0 Å². The minimum Gasteiger partial charge on any atom is -0.497 e. The van der Waals surface area contributed by atoms with Gasteiger partial charge in [0.05, 0.1) is 25.3 Å². The van der Waals surface area contributed by atoms with E-state index in [0.717, 1.165) is 23.1 Å². The number of methoxy groups -OCH3 is 1. The number of rotatable bonds is 4. The van der Waals surface area contributed by atoms with Gasteiger partial charge in [0.25, 0.3) is 5.24 Å². The Balaban J connectivity index is 1.58. The molecule has 0 N–H and O–H groups in total. The first-order chi connectivity index (χ1) is 11.1. The van der Waals surface area contributed by atoms with Crippen LogP contribution in [0.3, 0.4) is 0 Å². The van der Waals surface area contributed by atoms with Crippen LogP contribution in [-0.2, 0) is 16.0 Å². The molecule has 2 heterocycles. The van der Waals surface area contributed by atoms with Gasteiger partial charge in [-0.25, -0.2) is 0 Å². The van der Waals surface area contributed by atoms with Crippen molar-refractivity contribution >= 4 is 28.8 Å². The number of carbonyl (C=O) groups is 3. The van der Waals surface area contributed by atoms with Gasteiger partial charge in [0.1, 0.15) is 5.75 Å². The number of nitrogens with zero attached hydrogens (tertiary/aromatic N) is 2. The Labute approximate surface area is 138 Å². The lowest BCUT2D eigenvalue weighted by molar-refractivity contribution is -0.131. The molecule has 2 fully saturated rings. The molecule has 2 aliphatic rings. The lowest BCUT2D eigenvalue weighted by Gasteiger charge is -2.22. The van der Waals surface area contributed by atoms with Crippen molar-refractivity contribution in [2.45, 2.75) is 18.9 Å². The van der Waals surface area contributed by atoms with Crippen molar-refractivity contribution in [1.82, 2.24) is 9.80 Å². The zero-order valence-corrected chi connectivity index (χ0v) is 13.7. The van der Waals surface area contributed by atoms with E-state index >= 15 is 0 Å². The molecule has 0 spiro atoms. The summed E-state index contributed by atoms with van der Waals surface area (Å²) in [5, 5.41) is -0.190. The number of imide groups is 1.